The smallest absolute Gasteiger partial charge is 0.426 e. The summed E-state index contributed by atoms with van der Waals surface area (Å²) in [5.41, 5.74) is 0.535. The summed E-state index contributed by atoms with van der Waals surface area (Å²) in [7, 11) is 0. The van der Waals surface area contributed by atoms with Crippen LogP contribution < -0.4 is 4.74 Å². The Hall–Kier alpha value is -2.11. The summed E-state index contributed by atoms with van der Waals surface area (Å²) in [6.45, 7) is 2.23. The number of rotatable bonds is 10. The predicted molar refractivity (Wildman–Crippen MR) is 115 cm³/mol. The minimum atomic E-state index is -3.80. The van der Waals surface area contributed by atoms with Crippen molar-refractivity contribution < 1.29 is 26.7 Å². The van der Waals surface area contributed by atoms with Crippen LogP contribution in [0.5, 0.6) is 5.75 Å². The maximum Gasteiger partial charge on any atom is 0.426 e. The third kappa shape index (κ3) is 6.69. The first-order valence-electron chi connectivity index (χ1n) is 11.6. The molecule has 0 bridgehead atoms. The lowest BCUT2D eigenvalue weighted by Crippen LogP contribution is -2.22. The summed E-state index contributed by atoms with van der Waals surface area (Å²) in [5.74, 6) is -4.12. The molecule has 0 heterocycles. The van der Waals surface area contributed by atoms with Gasteiger partial charge in [0.05, 0.1) is 5.56 Å². The molecule has 176 valence electrons. The van der Waals surface area contributed by atoms with Crippen molar-refractivity contribution >= 4 is 0 Å². The Labute approximate surface area is 187 Å². The highest BCUT2D eigenvalue weighted by atomic mass is 19.3. The van der Waals surface area contributed by atoms with Gasteiger partial charge in [-0.15, -0.1) is 0 Å². The number of benzene rings is 2. The summed E-state index contributed by atoms with van der Waals surface area (Å²) < 4.78 is 72.8. The molecule has 3 rings (SSSR count). The van der Waals surface area contributed by atoms with E-state index in [1.54, 1.807) is 12.1 Å². The molecule has 0 saturated heterocycles. The Kier molecular flexibility index (Phi) is 8.55. The molecule has 0 spiro atoms. The number of aryl methyl sites for hydroxylation is 1. The topological polar surface area (TPSA) is 9.23 Å². The van der Waals surface area contributed by atoms with E-state index in [9.17, 15) is 22.0 Å². The molecular formula is C26H31F5O. The average molecular weight is 455 g/mol. The van der Waals surface area contributed by atoms with Gasteiger partial charge in [0.2, 0.25) is 0 Å². The van der Waals surface area contributed by atoms with Crippen LogP contribution in [0.2, 0.25) is 0 Å². The Morgan fingerprint density at radius 3 is 1.97 bits per heavy atom. The zero-order chi connectivity index (χ0) is 23.1. The second kappa shape index (κ2) is 11.2. The van der Waals surface area contributed by atoms with Crippen molar-refractivity contribution in [2.75, 3.05) is 0 Å². The van der Waals surface area contributed by atoms with Crippen molar-refractivity contribution in [2.24, 2.45) is 11.8 Å². The van der Waals surface area contributed by atoms with Gasteiger partial charge in [-0.25, -0.2) is 13.2 Å². The first-order valence-corrected chi connectivity index (χ1v) is 11.6. The average Bonchev–Trinajstić information content (AvgIpc) is 2.77. The van der Waals surface area contributed by atoms with E-state index in [1.807, 2.05) is 0 Å². The third-order valence-electron chi connectivity index (χ3n) is 6.52. The van der Waals surface area contributed by atoms with Crippen LogP contribution in [-0.2, 0) is 12.5 Å². The number of alkyl halides is 2. The fraction of sp³-hybridized carbons (Fsp3) is 0.538. The molecule has 0 aliphatic heterocycles. The molecule has 1 nitrogen and oxygen atoms in total. The van der Waals surface area contributed by atoms with Gasteiger partial charge < -0.3 is 4.74 Å². The molecule has 6 heteroatoms. The number of unbranched alkanes of at least 4 members (excludes halogenated alkanes) is 2. The summed E-state index contributed by atoms with van der Waals surface area (Å²) in [5, 5.41) is 0. The van der Waals surface area contributed by atoms with Gasteiger partial charge in [0.15, 0.2) is 17.5 Å². The van der Waals surface area contributed by atoms with Crippen LogP contribution in [-0.4, -0.2) is 0 Å². The largest absolute Gasteiger partial charge is 0.429 e. The van der Waals surface area contributed by atoms with Crippen molar-refractivity contribution in [1.29, 1.82) is 0 Å². The van der Waals surface area contributed by atoms with Gasteiger partial charge in [0, 0.05) is 12.1 Å². The van der Waals surface area contributed by atoms with Crippen LogP contribution in [0.15, 0.2) is 36.4 Å². The summed E-state index contributed by atoms with van der Waals surface area (Å²) in [4.78, 5) is 0. The molecule has 32 heavy (non-hydrogen) atoms. The molecule has 1 aliphatic carbocycles. The number of hydrogen-bond donors (Lipinski definition) is 0. The third-order valence-corrected chi connectivity index (χ3v) is 6.52. The van der Waals surface area contributed by atoms with Crippen LogP contribution >= 0.6 is 0 Å². The molecule has 0 N–H and O–H groups in total. The van der Waals surface area contributed by atoms with E-state index in [-0.39, 0.29) is 0 Å². The molecule has 0 aromatic heterocycles. The number of ether oxygens (including phenoxy) is 1. The second-order valence-electron chi connectivity index (χ2n) is 8.94. The second-order valence-corrected chi connectivity index (χ2v) is 8.94. The highest BCUT2D eigenvalue weighted by Gasteiger charge is 2.35. The Bertz CT molecular complexity index is 834. The summed E-state index contributed by atoms with van der Waals surface area (Å²) in [6, 6.07) is 6.59. The van der Waals surface area contributed by atoms with E-state index in [2.05, 4.69) is 11.7 Å². The van der Waals surface area contributed by atoms with Crippen molar-refractivity contribution in [1.82, 2.24) is 0 Å². The van der Waals surface area contributed by atoms with Crippen molar-refractivity contribution in [3.05, 3.63) is 65.0 Å². The van der Waals surface area contributed by atoms with E-state index in [0.29, 0.717) is 18.1 Å². The molecule has 2 aromatic carbocycles. The first kappa shape index (κ1) is 24.5. The normalized spacial score (nSPS) is 19.2. The van der Waals surface area contributed by atoms with E-state index in [0.717, 1.165) is 24.3 Å². The Morgan fingerprint density at radius 1 is 0.844 bits per heavy atom. The van der Waals surface area contributed by atoms with Crippen molar-refractivity contribution in [3.8, 4) is 5.75 Å². The molecular weight excluding hydrogens is 423 g/mol. The van der Waals surface area contributed by atoms with Crippen LogP contribution in [0.4, 0.5) is 22.0 Å². The highest BCUT2D eigenvalue weighted by molar-refractivity contribution is 5.29. The quantitative estimate of drug-likeness (QED) is 0.198. The fourth-order valence-corrected chi connectivity index (χ4v) is 4.53. The molecule has 0 unspecified atom stereocenters. The van der Waals surface area contributed by atoms with Gasteiger partial charge in [0.1, 0.15) is 5.75 Å². The minimum absolute atomic E-state index is 0.402. The Balaban J connectivity index is 1.49. The lowest BCUT2D eigenvalue weighted by molar-refractivity contribution is -0.185. The maximum atomic E-state index is 14.4. The fourth-order valence-electron chi connectivity index (χ4n) is 4.53. The minimum Gasteiger partial charge on any atom is -0.429 e. The summed E-state index contributed by atoms with van der Waals surface area (Å²) >= 11 is 0. The van der Waals surface area contributed by atoms with Gasteiger partial charge in [-0.1, -0.05) is 70.4 Å². The van der Waals surface area contributed by atoms with Crippen LogP contribution in [0.3, 0.4) is 0 Å². The zero-order valence-corrected chi connectivity index (χ0v) is 18.5. The van der Waals surface area contributed by atoms with E-state index in [4.69, 9.17) is 0 Å². The van der Waals surface area contributed by atoms with Crippen molar-refractivity contribution in [2.45, 2.75) is 77.2 Å². The molecule has 1 fully saturated rings. The molecule has 0 atom stereocenters. The highest BCUT2D eigenvalue weighted by Crippen LogP contribution is 2.35. The predicted octanol–water partition coefficient (Wildman–Crippen LogP) is 8.55. The van der Waals surface area contributed by atoms with Crippen LogP contribution in [0.25, 0.3) is 0 Å². The van der Waals surface area contributed by atoms with E-state index < -0.39 is 34.9 Å². The molecule has 1 aliphatic rings. The zero-order valence-electron chi connectivity index (χ0n) is 18.5. The monoisotopic (exact) mass is 454 g/mol. The lowest BCUT2D eigenvalue weighted by Gasteiger charge is -2.28. The maximum absolute atomic E-state index is 14.4. The molecule has 1 saturated carbocycles. The van der Waals surface area contributed by atoms with Gasteiger partial charge in [-0.05, 0) is 42.4 Å². The molecule has 0 amide bonds. The Morgan fingerprint density at radius 2 is 1.41 bits per heavy atom. The van der Waals surface area contributed by atoms with Crippen LogP contribution in [0.1, 0.15) is 75.8 Å². The standard InChI is InChI=1S/C26H31F5O/c1-2-3-4-5-18-6-8-19(9-7-18)10-11-20-12-14-21(15-13-20)26(30,31)32-22-16-23(27)25(29)24(28)17-22/h12-19H,2-11H2,1H3. The van der Waals surface area contributed by atoms with Gasteiger partial charge in [-0.3, -0.25) is 0 Å². The molecule has 0 radical (unpaired) electrons. The molecule has 2 aromatic rings. The summed E-state index contributed by atoms with van der Waals surface area (Å²) in [6.07, 6.45) is 8.39. The van der Waals surface area contributed by atoms with E-state index in [1.165, 1.54) is 63.5 Å². The van der Waals surface area contributed by atoms with Gasteiger partial charge in [0.25, 0.3) is 0 Å². The number of halogens is 5. The van der Waals surface area contributed by atoms with Gasteiger partial charge in [-0.2, -0.15) is 8.78 Å². The lowest BCUT2D eigenvalue weighted by atomic mass is 9.78. The van der Waals surface area contributed by atoms with Crippen molar-refractivity contribution in [3.63, 3.8) is 0 Å². The van der Waals surface area contributed by atoms with E-state index >= 15 is 0 Å². The SMILES string of the molecule is CCCCCC1CCC(CCc2ccc(C(F)(F)Oc3cc(F)c(F)c(F)c3)cc2)CC1. The van der Waals surface area contributed by atoms with Gasteiger partial charge >= 0.3 is 6.11 Å². The first-order chi connectivity index (χ1) is 15.3. The van der Waals surface area contributed by atoms with Crippen LogP contribution in [0, 0.1) is 29.3 Å². The number of hydrogen-bond acceptors (Lipinski definition) is 1.